The van der Waals surface area contributed by atoms with Gasteiger partial charge in [0.15, 0.2) is 0 Å². The van der Waals surface area contributed by atoms with E-state index in [-0.39, 0.29) is 18.2 Å². The highest BCUT2D eigenvalue weighted by molar-refractivity contribution is 5.92. The molecule has 0 bridgehead atoms. The first kappa shape index (κ1) is 15.3. The average molecular weight is 293 g/mol. The summed E-state index contributed by atoms with van der Waals surface area (Å²) in [5, 5.41) is 14.2. The molecule has 0 unspecified atom stereocenters. The Labute approximate surface area is 128 Å². The van der Waals surface area contributed by atoms with Gasteiger partial charge in [-0.2, -0.15) is 5.26 Å². The van der Waals surface area contributed by atoms with Gasteiger partial charge in [0, 0.05) is 18.3 Å². The van der Waals surface area contributed by atoms with Gasteiger partial charge in [0.1, 0.15) is 0 Å². The van der Waals surface area contributed by atoms with Crippen molar-refractivity contribution in [2.24, 2.45) is 0 Å². The van der Waals surface area contributed by atoms with Crippen LogP contribution in [0.1, 0.15) is 18.1 Å². The molecule has 0 aliphatic carbocycles. The Morgan fingerprint density at radius 1 is 1.05 bits per heavy atom. The van der Waals surface area contributed by atoms with Gasteiger partial charge in [0.05, 0.1) is 18.1 Å². The Morgan fingerprint density at radius 2 is 1.77 bits per heavy atom. The molecule has 5 nitrogen and oxygen atoms in total. The van der Waals surface area contributed by atoms with Crippen molar-refractivity contribution in [3.63, 3.8) is 0 Å². The summed E-state index contributed by atoms with van der Waals surface area (Å²) >= 11 is 0. The summed E-state index contributed by atoms with van der Waals surface area (Å²) in [6, 6.07) is 15.9. The molecule has 0 spiro atoms. The van der Waals surface area contributed by atoms with Crippen LogP contribution in [0.15, 0.2) is 48.5 Å². The molecule has 2 aromatic rings. The summed E-state index contributed by atoms with van der Waals surface area (Å²) in [6.07, 6.45) is 0.219. The second kappa shape index (κ2) is 7.04. The van der Waals surface area contributed by atoms with Gasteiger partial charge in [-0.05, 0) is 35.9 Å². The van der Waals surface area contributed by atoms with Crippen molar-refractivity contribution in [1.29, 1.82) is 5.26 Å². The number of carbonyl (C=O) groups excluding carboxylic acids is 2. The van der Waals surface area contributed by atoms with Crippen molar-refractivity contribution < 1.29 is 9.59 Å². The molecule has 2 aromatic carbocycles. The van der Waals surface area contributed by atoms with Crippen LogP contribution < -0.4 is 10.6 Å². The van der Waals surface area contributed by atoms with Crippen LogP contribution in [0.3, 0.4) is 0 Å². The van der Waals surface area contributed by atoms with E-state index in [9.17, 15) is 9.59 Å². The van der Waals surface area contributed by atoms with Crippen molar-refractivity contribution in [3.05, 3.63) is 59.7 Å². The Hall–Kier alpha value is -3.13. The van der Waals surface area contributed by atoms with Gasteiger partial charge in [-0.25, -0.2) is 0 Å². The van der Waals surface area contributed by atoms with E-state index in [0.717, 1.165) is 5.56 Å². The van der Waals surface area contributed by atoms with E-state index in [4.69, 9.17) is 5.26 Å². The lowest BCUT2D eigenvalue weighted by molar-refractivity contribution is -0.116. The fourth-order valence-electron chi connectivity index (χ4n) is 1.97. The van der Waals surface area contributed by atoms with E-state index >= 15 is 0 Å². The summed E-state index contributed by atoms with van der Waals surface area (Å²) < 4.78 is 0. The maximum atomic E-state index is 12.0. The van der Waals surface area contributed by atoms with E-state index in [1.54, 1.807) is 48.5 Å². The number of anilines is 2. The van der Waals surface area contributed by atoms with Crippen LogP contribution in [-0.2, 0) is 16.0 Å². The standard InChI is InChI=1S/C17H15N3O2/c1-12(21)19-15-7-5-13(6-8-15)10-17(22)20-16-4-2-3-14(9-16)11-18/h2-9H,10H2,1H3,(H,19,21)(H,20,22). The number of benzene rings is 2. The first-order chi connectivity index (χ1) is 10.6. The molecule has 0 aliphatic heterocycles. The van der Waals surface area contributed by atoms with Crippen LogP contribution in [-0.4, -0.2) is 11.8 Å². The van der Waals surface area contributed by atoms with Crippen LogP contribution in [0.4, 0.5) is 11.4 Å². The summed E-state index contributed by atoms with van der Waals surface area (Å²) in [6.45, 7) is 1.44. The lowest BCUT2D eigenvalue weighted by Gasteiger charge is -2.07. The van der Waals surface area contributed by atoms with Gasteiger partial charge in [-0.1, -0.05) is 18.2 Å². The summed E-state index contributed by atoms with van der Waals surface area (Å²) in [4.78, 5) is 22.9. The first-order valence-electron chi connectivity index (χ1n) is 6.73. The quantitative estimate of drug-likeness (QED) is 0.909. The van der Waals surface area contributed by atoms with Crippen LogP contribution in [0.25, 0.3) is 0 Å². The molecule has 2 N–H and O–H groups in total. The molecule has 5 heteroatoms. The molecular formula is C17H15N3O2. The third-order valence-corrected chi connectivity index (χ3v) is 2.91. The predicted octanol–water partition coefficient (Wildman–Crippen LogP) is 2.70. The number of nitriles is 1. The number of amides is 2. The molecule has 0 fully saturated rings. The molecule has 0 radical (unpaired) electrons. The molecule has 0 heterocycles. The Bertz CT molecular complexity index is 730. The minimum Gasteiger partial charge on any atom is -0.326 e. The number of carbonyl (C=O) groups is 2. The minimum atomic E-state index is -0.164. The fraction of sp³-hybridized carbons (Fsp3) is 0.118. The normalized spacial score (nSPS) is 9.64. The van der Waals surface area contributed by atoms with Crippen molar-refractivity contribution >= 4 is 23.2 Å². The number of nitrogens with one attached hydrogen (secondary N) is 2. The zero-order chi connectivity index (χ0) is 15.9. The Morgan fingerprint density at radius 3 is 2.41 bits per heavy atom. The zero-order valence-corrected chi connectivity index (χ0v) is 12.1. The first-order valence-corrected chi connectivity index (χ1v) is 6.73. The Kier molecular flexibility index (Phi) is 4.89. The van der Waals surface area contributed by atoms with E-state index in [0.29, 0.717) is 16.9 Å². The second-order valence-corrected chi connectivity index (χ2v) is 4.80. The smallest absolute Gasteiger partial charge is 0.228 e. The minimum absolute atomic E-state index is 0.136. The van der Waals surface area contributed by atoms with Gasteiger partial charge in [0.2, 0.25) is 11.8 Å². The number of rotatable bonds is 4. The van der Waals surface area contributed by atoms with Gasteiger partial charge in [0.25, 0.3) is 0 Å². The van der Waals surface area contributed by atoms with Crippen LogP contribution in [0.5, 0.6) is 0 Å². The number of hydrogen-bond acceptors (Lipinski definition) is 3. The van der Waals surface area contributed by atoms with Crippen molar-refractivity contribution in [1.82, 2.24) is 0 Å². The third kappa shape index (κ3) is 4.46. The molecule has 0 saturated heterocycles. The SMILES string of the molecule is CC(=O)Nc1ccc(CC(=O)Nc2cccc(C#N)c2)cc1. The maximum Gasteiger partial charge on any atom is 0.228 e. The fourth-order valence-corrected chi connectivity index (χ4v) is 1.97. The monoisotopic (exact) mass is 293 g/mol. The largest absolute Gasteiger partial charge is 0.326 e. The van der Waals surface area contributed by atoms with Gasteiger partial charge in [-0.3, -0.25) is 9.59 Å². The van der Waals surface area contributed by atoms with Crippen molar-refractivity contribution in [2.75, 3.05) is 10.6 Å². The van der Waals surface area contributed by atoms with E-state index in [2.05, 4.69) is 10.6 Å². The maximum absolute atomic E-state index is 12.0. The lowest BCUT2D eigenvalue weighted by atomic mass is 10.1. The van der Waals surface area contributed by atoms with Gasteiger partial charge < -0.3 is 10.6 Å². The van der Waals surface area contributed by atoms with Crippen LogP contribution in [0, 0.1) is 11.3 Å². The highest BCUT2D eigenvalue weighted by Crippen LogP contribution is 2.13. The van der Waals surface area contributed by atoms with Crippen molar-refractivity contribution in [2.45, 2.75) is 13.3 Å². The summed E-state index contributed by atoms with van der Waals surface area (Å²) in [5.41, 5.74) is 2.62. The molecule has 22 heavy (non-hydrogen) atoms. The van der Waals surface area contributed by atoms with E-state index in [1.807, 2.05) is 6.07 Å². The van der Waals surface area contributed by atoms with Crippen molar-refractivity contribution in [3.8, 4) is 6.07 Å². The molecule has 0 aliphatic rings. The van der Waals surface area contributed by atoms with E-state index in [1.165, 1.54) is 6.92 Å². The summed E-state index contributed by atoms with van der Waals surface area (Å²) in [7, 11) is 0. The van der Waals surface area contributed by atoms with E-state index < -0.39 is 0 Å². The molecule has 2 rings (SSSR count). The van der Waals surface area contributed by atoms with Gasteiger partial charge >= 0.3 is 0 Å². The topological polar surface area (TPSA) is 82.0 Å². The zero-order valence-electron chi connectivity index (χ0n) is 12.1. The third-order valence-electron chi connectivity index (χ3n) is 2.91. The molecule has 110 valence electrons. The Balaban J connectivity index is 1.97. The molecule has 2 amide bonds. The molecular weight excluding hydrogens is 278 g/mol. The molecule has 0 atom stereocenters. The second-order valence-electron chi connectivity index (χ2n) is 4.80. The molecule has 0 saturated carbocycles. The van der Waals surface area contributed by atoms with Gasteiger partial charge in [-0.15, -0.1) is 0 Å². The highest BCUT2D eigenvalue weighted by Gasteiger charge is 2.05. The molecule has 0 aromatic heterocycles. The van der Waals surface area contributed by atoms with Crippen LogP contribution in [0.2, 0.25) is 0 Å². The summed E-state index contributed by atoms with van der Waals surface area (Å²) in [5.74, 6) is -0.301. The number of nitrogens with zero attached hydrogens (tertiary/aromatic N) is 1. The predicted molar refractivity (Wildman–Crippen MR) is 84.2 cm³/mol. The number of hydrogen-bond donors (Lipinski definition) is 2. The van der Waals surface area contributed by atoms with Crippen LogP contribution >= 0.6 is 0 Å². The lowest BCUT2D eigenvalue weighted by Crippen LogP contribution is -2.14. The highest BCUT2D eigenvalue weighted by atomic mass is 16.2. The average Bonchev–Trinajstić information content (AvgIpc) is 2.49.